The molecular formula is C19H18N2O4S. The number of benzene rings is 1. The molecule has 0 amide bonds. The molecule has 6 nitrogen and oxygen atoms in total. The standard InChI is InChI=1S/C19H18N2O4S/c1-10-17(18(20-2)26-21-10)19(23)24-9-13-8-16(22)25-15-7-12-5-3-4-11(12)6-14(13)15/h6-8,20H,3-5,9H2,1-2H3. The molecule has 0 unspecified atom stereocenters. The van der Waals surface area contributed by atoms with Crippen LogP contribution in [-0.2, 0) is 24.2 Å². The van der Waals surface area contributed by atoms with E-state index in [2.05, 4.69) is 15.8 Å². The molecule has 0 saturated carbocycles. The van der Waals surface area contributed by atoms with Gasteiger partial charge in [-0.1, -0.05) is 0 Å². The van der Waals surface area contributed by atoms with E-state index in [1.165, 1.54) is 28.7 Å². The predicted molar refractivity (Wildman–Crippen MR) is 100 cm³/mol. The van der Waals surface area contributed by atoms with E-state index in [0.717, 1.165) is 24.6 Å². The first-order chi connectivity index (χ1) is 12.6. The topological polar surface area (TPSA) is 81.4 Å². The van der Waals surface area contributed by atoms with E-state index in [9.17, 15) is 9.59 Å². The second kappa shape index (κ2) is 6.57. The van der Waals surface area contributed by atoms with Crippen LogP contribution in [0.3, 0.4) is 0 Å². The summed E-state index contributed by atoms with van der Waals surface area (Å²) in [6.45, 7) is 1.78. The Labute approximate surface area is 154 Å². The number of anilines is 1. The molecule has 26 heavy (non-hydrogen) atoms. The Morgan fingerprint density at radius 2 is 2.08 bits per heavy atom. The summed E-state index contributed by atoms with van der Waals surface area (Å²) in [4.78, 5) is 24.4. The highest BCUT2D eigenvalue weighted by molar-refractivity contribution is 7.10. The van der Waals surface area contributed by atoms with Gasteiger partial charge in [0.15, 0.2) is 0 Å². The van der Waals surface area contributed by atoms with Gasteiger partial charge in [-0.05, 0) is 61.0 Å². The van der Waals surface area contributed by atoms with E-state index in [0.29, 0.717) is 27.4 Å². The minimum Gasteiger partial charge on any atom is -0.457 e. The fourth-order valence-corrected chi connectivity index (χ4v) is 4.14. The van der Waals surface area contributed by atoms with Crippen molar-refractivity contribution < 1.29 is 13.9 Å². The summed E-state index contributed by atoms with van der Waals surface area (Å²) >= 11 is 1.22. The Kier molecular flexibility index (Phi) is 4.24. The lowest BCUT2D eigenvalue weighted by Gasteiger charge is -2.09. The van der Waals surface area contributed by atoms with Crippen molar-refractivity contribution in [1.29, 1.82) is 0 Å². The maximum absolute atomic E-state index is 12.5. The fraction of sp³-hybridized carbons (Fsp3) is 0.316. The van der Waals surface area contributed by atoms with Crippen LogP contribution in [0.5, 0.6) is 0 Å². The molecule has 0 radical (unpaired) electrons. The van der Waals surface area contributed by atoms with Crippen LogP contribution in [0.4, 0.5) is 5.00 Å². The van der Waals surface area contributed by atoms with Crippen LogP contribution in [0.2, 0.25) is 0 Å². The number of hydrogen-bond donors (Lipinski definition) is 1. The normalized spacial score (nSPS) is 13.0. The number of aromatic nitrogens is 1. The number of ether oxygens (including phenoxy) is 1. The lowest BCUT2D eigenvalue weighted by Crippen LogP contribution is -2.10. The quantitative estimate of drug-likeness (QED) is 0.560. The molecule has 134 valence electrons. The highest BCUT2D eigenvalue weighted by atomic mass is 32.1. The van der Waals surface area contributed by atoms with E-state index in [4.69, 9.17) is 9.15 Å². The number of nitrogens with zero attached hydrogens (tertiary/aromatic N) is 1. The number of rotatable bonds is 4. The first-order valence-corrected chi connectivity index (χ1v) is 9.24. The van der Waals surface area contributed by atoms with Gasteiger partial charge >= 0.3 is 11.6 Å². The van der Waals surface area contributed by atoms with Crippen molar-refractivity contribution in [3.63, 3.8) is 0 Å². The molecule has 0 aliphatic heterocycles. The van der Waals surface area contributed by atoms with Crippen molar-refractivity contribution >= 4 is 33.5 Å². The van der Waals surface area contributed by atoms with Crippen molar-refractivity contribution in [1.82, 2.24) is 4.37 Å². The van der Waals surface area contributed by atoms with Crippen molar-refractivity contribution in [3.8, 4) is 0 Å². The smallest absolute Gasteiger partial charge is 0.343 e. The highest BCUT2D eigenvalue weighted by Crippen LogP contribution is 2.29. The van der Waals surface area contributed by atoms with Crippen molar-refractivity contribution in [2.24, 2.45) is 0 Å². The SMILES string of the molecule is CNc1snc(C)c1C(=O)OCc1cc(=O)oc2cc3c(cc12)CCC3. The molecule has 0 spiro atoms. The number of hydrogen-bond acceptors (Lipinski definition) is 7. The molecule has 1 N–H and O–H groups in total. The summed E-state index contributed by atoms with van der Waals surface area (Å²) in [5, 5.41) is 4.45. The molecule has 7 heteroatoms. The average Bonchev–Trinajstić information content (AvgIpc) is 3.23. The van der Waals surface area contributed by atoms with Crippen LogP contribution in [0.1, 0.15) is 39.2 Å². The predicted octanol–water partition coefficient (Wildman–Crippen LogP) is 3.45. The van der Waals surface area contributed by atoms with Crippen LogP contribution in [0, 0.1) is 6.92 Å². The Bertz CT molecular complexity index is 1070. The van der Waals surface area contributed by atoms with Crippen LogP contribution in [-0.4, -0.2) is 17.4 Å². The maximum Gasteiger partial charge on any atom is 0.343 e. The number of fused-ring (bicyclic) bond motifs is 2. The molecule has 2 heterocycles. The first-order valence-electron chi connectivity index (χ1n) is 8.46. The maximum atomic E-state index is 12.5. The van der Waals surface area contributed by atoms with Gasteiger partial charge in [0.05, 0.1) is 5.69 Å². The van der Waals surface area contributed by atoms with Crippen molar-refractivity contribution in [3.05, 3.63) is 56.6 Å². The van der Waals surface area contributed by atoms with Crippen molar-refractivity contribution in [2.75, 3.05) is 12.4 Å². The van der Waals surface area contributed by atoms with Gasteiger partial charge in [0, 0.05) is 24.1 Å². The second-order valence-corrected chi connectivity index (χ2v) is 7.13. The third kappa shape index (κ3) is 2.88. The van der Waals surface area contributed by atoms with Crippen LogP contribution < -0.4 is 10.9 Å². The van der Waals surface area contributed by atoms with E-state index in [1.807, 2.05) is 6.07 Å². The number of nitrogens with one attached hydrogen (secondary N) is 1. The highest BCUT2D eigenvalue weighted by Gasteiger charge is 2.20. The lowest BCUT2D eigenvalue weighted by molar-refractivity contribution is 0.0474. The molecule has 1 aliphatic carbocycles. The average molecular weight is 370 g/mol. The Morgan fingerprint density at radius 3 is 2.85 bits per heavy atom. The monoisotopic (exact) mass is 370 g/mol. The van der Waals surface area contributed by atoms with Gasteiger partial charge in [-0.25, -0.2) is 9.59 Å². The minimum atomic E-state index is -0.455. The first kappa shape index (κ1) is 16.8. The Morgan fingerprint density at radius 1 is 1.31 bits per heavy atom. The summed E-state index contributed by atoms with van der Waals surface area (Å²) in [5.41, 5.74) is 4.33. The summed E-state index contributed by atoms with van der Waals surface area (Å²) in [7, 11) is 1.74. The molecule has 3 aromatic rings. The number of esters is 1. The third-order valence-electron chi connectivity index (χ3n) is 4.70. The Balaban J connectivity index is 1.66. The van der Waals surface area contributed by atoms with Crippen LogP contribution in [0.15, 0.2) is 27.4 Å². The van der Waals surface area contributed by atoms with E-state index in [-0.39, 0.29) is 6.61 Å². The van der Waals surface area contributed by atoms with E-state index >= 15 is 0 Å². The molecular weight excluding hydrogens is 352 g/mol. The largest absolute Gasteiger partial charge is 0.457 e. The van der Waals surface area contributed by atoms with E-state index in [1.54, 1.807) is 14.0 Å². The van der Waals surface area contributed by atoms with Gasteiger partial charge < -0.3 is 14.5 Å². The summed E-state index contributed by atoms with van der Waals surface area (Å²) in [6.07, 6.45) is 3.14. The zero-order valence-electron chi connectivity index (χ0n) is 14.5. The van der Waals surface area contributed by atoms with E-state index < -0.39 is 11.6 Å². The van der Waals surface area contributed by atoms with Crippen LogP contribution >= 0.6 is 11.5 Å². The number of carbonyl (C=O) groups excluding carboxylic acids is 1. The fourth-order valence-electron chi connectivity index (χ4n) is 3.41. The van der Waals surface area contributed by atoms with Crippen molar-refractivity contribution in [2.45, 2.75) is 32.8 Å². The zero-order valence-corrected chi connectivity index (χ0v) is 15.4. The summed E-state index contributed by atoms with van der Waals surface area (Å²) in [5.74, 6) is -0.455. The summed E-state index contributed by atoms with van der Waals surface area (Å²) < 4.78 is 15.0. The molecule has 0 bridgehead atoms. The zero-order chi connectivity index (χ0) is 18.3. The molecule has 0 atom stereocenters. The van der Waals surface area contributed by atoms with Gasteiger partial charge in [0.2, 0.25) is 0 Å². The summed E-state index contributed by atoms with van der Waals surface area (Å²) in [6, 6.07) is 5.39. The van der Waals surface area contributed by atoms with Crippen LogP contribution in [0.25, 0.3) is 11.0 Å². The van der Waals surface area contributed by atoms with Gasteiger partial charge in [0.25, 0.3) is 0 Å². The number of carbonyl (C=O) groups is 1. The molecule has 0 fully saturated rings. The minimum absolute atomic E-state index is 0.0121. The molecule has 1 aliphatic rings. The number of aryl methyl sites for hydroxylation is 3. The van der Waals surface area contributed by atoms with Gasteiger partial charge in [-0.2, -0.15) is 4.37 Å². The Hall–Kier alpha value is -2.67. The lowest BCUT2D eigenvalue weighted by atomic mass is 10.0. The third-order valence-corrected chi connectivity index (χ3v) is 5.65. The molecule has 4 rings (SSSR count). The van der Waals surface area contributed by atoms with Gasteiger partial charge in [0.1, 0.15) is 22.8 Å². The molecule has 2 aromatic heterocycles. The molecule has 0 saturated heterocycles. The van der Waals surface area contributed by atoms with Gasteiger partial charge in [-0.3, -0.25) is 0 Å². The molecule has 1 aromatic carbocycles. The van der Waals surface area contributed by atoms with Gasteiger partial charge in [-0.15, -0.1) is 0 Å². The second-order valence-electron chi connectivity index (χ2n) is 6.36.